The van der Waals surface area contributed by atoms with Crippen molar-refractivity contribution < 1.29 is 13.6 Å². The number of nitrogens with one attached hydrogen (secondary N) is 1. The van der Waals surface area contributed by atoms with E-state index in [1.54, 1.807) is 6.92 Å². The van der Waals surface area contributed by atoms with Gasteiger partial charge in [0, 0.05) is 11.8 Å². The molecule has 0 saturated heterocycles. The number of carbonyl (C=O) groups is 1. The molecule has 18 heavy (non-hydrogen) atoms. The second kappa shape index (κ2) is 4.91. The molecule has 0 aliphatic heterocycles. The summed E-state index contributed by atoms with van der Waals surface area (Å²) in [4.78, 5) is 11.6. The molecule has 1 N–H and O–H groups in total. The summed E-state index contributed by atoms with van der Waals surface area (Å²) in [6.45, 7) is 1.72. The van der Waals surface area contributed by atoms with Crippen molar-refractivity contribution in [1.29, 1.82) is 0 Å². The summed E-state index contributed by atoms with van der Waals surface area (Å²) in [5.74, 6) is -2.36. The quantitative estimate of drug-likeness (QED) is 0.900. The first-order chi connectivity index (χ1) is 8.56. The van der Waals surface area contributed by atoms with Crippen LogP contribution in [0.2, 0.25) is 0 Å². The molecule has 0 saturated carbocycles. The first kappa shape index (κ1) is 12.2. The summed E-state index contributed by atoms with van der Waals surface area (Å²) < 4.78 is 27.0. The summed E-state index contributed by atoms with van der Waals surface area (Å²) >= 11 is 0. The molecule has 0 spiro atoms. The Morgan fingerprint density at radius 2 is 2.17 bits per heavy atom. The second-order valence-electron chi connectivity index (χ2n) is 3.71. The third kappa shape index (κ3) is 2.68. The largest absolute Gasteiger partial charge is 0.324 e. The standard InChI is InChI=1S/C11H10F2N4O/c1-7-5-14-16-17(7)6-11(18)15-8-2-3-9(12)10(13)4-8/h2-5H,6H2,1H3,(H,15,18). The highest BCUT2D eigenvalue weighted by Gasteiger charge is 2.08. The first-order valence-electron chi connectivity index (χ1n) is 5.16. The van der Waals surface area contributed by atoms with Crippen LogP contribution in [-0.2, 0) is 11.3 Å². The fraction of sp³-hybridized carbons (Fsp3) is 0.182. The number of hydrogen-bond acceptors (Lipinski definition) is 3. The Morgan fingerprint density at radius 3 is 2.78 bits per heavy atom. The highest BCUT2D eigenvalue weighted by Crippen LogP contribution is 2.13. The van der Waals surface area contributed by atoms with Crippen LogP contribution in [0.5, 0.6) is 0 Å². The molecule has 1 aromatic carbocycles. The molecule has 1 aromatic heterocycles. The summed E-state index contributed by atoms with van der Waals surface area (Å²) in [7, 11) is 0. The van der Waals surface area contributed by atoms with Gasteiger partial charge in [-0.25, -0.2) is 13.5 Å². The summed E-state index contributed by atoms with van der Waals surface area (Å²) in [5, 5.41) is 9.77. The molecule has 0 aliphatic rings. The van der Waals surface area contributed by atoms with Gasteiger partial charge >= 0.3 is 0 Å². The van der Waals surface area contributed by atoms with Crippen molar-refractivity contribution in [3.63, 3.8) is 0 Å². The number of aromatic nitrogens is 3. The number of anilines is 1. The van der Waals surface area contributed by atoms with E-state index < -0.39 is 17.5 Å². The van der Waals surface area contributed by atoms with Crippen molar-refractivity contribution in [2.75, 3.05) is 5.32 Å². The van der Waals surface area contributed by atoms with Gasteiger partial charge in [-0.2, -0.15) is 0 Å². The number of benzene rings is 1. The number of carbonyl (C=O) groups excluding carboxylic acids is 1. The third-order valence-corrected chi connectivity index (χ3v) is 2.31. The van der Waals surface area contributed by atoms with Crippen molar-refractivity contribution in [3.05, 3.63) is 41.7 Å². The molecule has 7 heteroatoms. The Labute approximate surface area is 101 Å². The van der Waals surface area contributed by atoms with Crippen molar-refractivity contribution in [1.82, 2.24) is 15.0 Å². The van der Waals surface area contributed by atoms with Gasteiger partial charge in [-0.3, -0.25) is 4.79 Å². The van der Waals surface area contributed by atoms with Crippen LogP contribution >= 0.6 is 0 Å². The number of nitrogens with zero attached hydrogens (tertiary/aromatic N) is 3. The van der Waals surface area contributed by atoms with Gasteiger partial charge in [0.2, 0.25) is 5.91 Å². The maximum atomic E-state index is 12.9. The van der Waals surface area contributed by atoms with Crippen LogP contribution in [0.3, 0.4) is 0 Å². The molecule has 1 heterocycles. The van der Waals surface area contributed by atoms with E-state index in [-0.39, 0.29) is 12.2 Å². The van der Waals surface area contributed by atoms with E-state index >= 15 is 0 Å². The lowest BCUT2D eigenvalue weighted by Gasteiger charge is -2.06. The van der Waals surface area contributed by atoms with Crippen LogP contribution in [0.4, 0.5) is 14.5 Å². The molecular weight excluding hydrogens is 242 g/mol. The zero-order valence-electron chi connectivity index (χ0n) is 9.52. The summed E-state index contributed by atoms with van der Waals surface area (Å²) in [6, 6.07) is 3.15. The van der Waals surface area contributed by atoms with E-state index in [0.717, 1.165) is 17.8 Å². The lowest BCUT2D eigenvalue weighted by atomic mass is 10.3. The Morgan fingerprint density at radius 1 is 1.39 bits per heavy atom. The molecule has 0 bridgehead atoms. The molecule has 0 radical (unpaired) electrons. The Balaban J connectivity index is 2.03. The smallest absolute Gasteiger partial charge is 0.246 e. The topological polar surface area (TPSA) is 59.8 Å². The van der Waals surface area contributed by atoms with E-state index in [9.17, 15) is 13.6 Å². The van der Waals surface area contributed by atoms with Gasteiger partial charge in [0.1, 0.15) is 6.54 Å². The van der Waals surface area contributed by atoms with Gasteiger partial charge in [0.05, 0.1) is 11.9 Å². The van der Waals surface area contributed by atoms with E-state index in [1.165, 1.54) is 16.9 Å². The number of aryl methyl sites for hydroxylation is 1. The molecule has 0 fully saturated rings. The van der Waals surface area contributed by atoms with E-state index in [0.29, 0.717) is 0 Å². The molecule has 0 unspecified atom stereocenters. The van der Waals surface area contributed by atoms with Gasteiger partial charge in [0.25, 0.3) is 0 Å². The number of hydrogen-bond donors (Lipinski definition) is 1. The van der Waals surface area contributed by atoms with E-state index in [4.69, 9.17) is 0 Å². The van der Waals surface area contributed by atoms with Gasteiger partial charge < -0.3 is 5.32 Å². The van der Waals surface area contributed by atoms with Crippen LogP contribution in [0.25, 0.3) is 0 Å². The Bertz CT molecular complexity index is 582. The fourth-order valence-corrected chi connectivity index (χ4v) is 1.38. The average molecular weight is 252 g/mol. The number of halogens is 2. The second-order valence-corrected chi connectivity index (χ2v) is 3.71. The Hall–Kier alpha value is -2.31. The highest BCUT2D eigenvalue weighted by molar-refractivity contribution is 5.90. The normalized spacial score (nSPS) is 10.4. The monoisotopic (exact) mass is 252 g/mol. The predicted octanol–water partition coefficient (Wildman–Crippen LogP) is 1.50. The molecule has 94 valence electrons. The van der Waals surface area contributed by atoms with Crippen molar-refractivity contribution in [3.8, 4) is 0 Å². The van der Waals surface area contributed by atoms with Crippen LogP contribution in [-0.4, -0.2) is 20.9 Å². The number of rotatable bonds is 3. The van der Waals surface area contributed by atoms with Crippen LogP contribution < -0.4 is 5.32 Å². The van der Waals surface area contributed by atoms with Gasteiger partial charge in [-0.1, -0.05) is 5.21 Å². The van der Waals surface area contributed by atoms with Gasteiger partial charge in [-0.05, 0) is 19.1 Å². The SMILES string of the molecule is Cc1cnnn1CC(=O)Nc1ccc(F)c(F)c1. The van der Waals surface area contributed by atoms with Crippen molar-refractivity contribution in [2.24, 2.45) is 0 Å². The molecular formula is C11H10F2N4O. The molecule has 0 atom stereocenters. The lowest BCUT2D eigenvalue weighted by Crippen LogP contribution is -2.20. The molecule has 2 aromatic rings. The van der Waals surface area contributed by atoms with E-state index in [2.05, 4.69) is 15.6 Å². The third-order valence-electron chi connectivity index (χ3n) is 2.31. The zero-order chi connectivity index (χ0) is 13.1. The minimum absolute atomic E-state index is 0.0369. The minimum atomic E-state index is -1.01. The molecule has 5 nitrogen and oxygen atoms in total. The summed E-state index contributed by atoms with van der Waals surface area (Å²) in [5.41, 5.74) is 0.923. The van der Waals surface area contributed by atoms with Crippen LogP contribution in [0, 0.1) is 18.6 Å². The Kier molecular flexibility index (Phi) is 3.31. The van der Waals surface area contributed by atoms with Crippen LogP contribution in [0.15, 0.2) is 24.4 Å². The fourth-order valence-electron chi connectivity index (χ4n) is 1.38. The van der Waals surface area contributed by atoms with Crippen molar-refractivity contribution >= 4 is 11.6 Å². The molecule has 0 aliphatic carbocycles. The maximum Gasteiger partial charge on any atom is 0.246 e. The zero-order valence-corrected chi connectivity index (χ0v) is 9.52. The van der Waals surface area contributed by atoms with Crippen LogP contribution in [0.1, 0.15) is 5.69 Å². The minimum Gasteiger partial charge on any atom is -0.324 e. The van der Waals surface area contributed by atoms with Gasteiger partial charge in [-0.15, -0.1) is 5.10 Å². The van der Waals surface area contributed by atoms with Gasteiger partial charge in [0.15, 0.2) is 11.6 Å². The molecule has 2 rings (SSSR count). The maximum absolute atomic E-state index is 12.9. The predicted molar refractivity (Wildman–Crippen MR) is 59.7 cm³/mol. The number of amides is 1. The molecule has 1 amide bonds. The summed E-state index contributed by atoms with van der Waals surface area (Å²) in [6.07, 6.45) is 1.52. The van der Waals surface area contributed by atoms with E-state index in [1.807, 2.05) is 0 Å². The van der Waals surface area contributed by atoms with Crippen molar-refractivity contribution in [2.45, 2.75) is 13.5 Å². The lowest BCUT2D eigenvalue weighted by molar-refractivity contribution is -0.117. The highest BCUT2D eigenvalue weighted by atomic mass is 19.2. The average Bonchev–Trinajstić information content (AvgIpc) is 2.70. The first-order valence-corrected chi connectivity index (χ1v) is 5.16.